The molecule has 4 heteroatoms. The van der Waals surface area contributed by atoms with E-state index in [-0.39, 0.29) is 30.2 Å². The van der Waals surface area contributed by atoms with Crippen molar-refractivity contribution in [3.63, 3.8) is 0 Å². The second-order valence-electron chi connectivity index (χ2n) is 9.91. The summed E-state index contributed by atoms with van der Waals surface area (Å²) in [6.07, 6.45) is 1.11. The molecule has 0 aliphatic heterocycles. The van der Waals surface area contributed by atoms with Crippen LogP contribution in [0.1, 0.15) is 12.5 Å². The molecule has 0 aromatic heterocycles. The Morgan fingerprint density at radius 1 is 0.575 bits per heavy atom. The van der Waals surface area contributed by atoms with Gasteiger partial charge in [0.05, 0.1) is 0 Å². The van der Waals surface area contributed by atoms with Gasteiger partial charge in [-0.05, 0) is 6.42 Å². The van der Waals surface area contributed by atoms with E-state index >= 15 is 0 Å². The molecule has 0 atom stereocenters. The van der Waals surface area contributed by atoms with Gasteiger partial charge in [0.1, 0.15) is 0 Å². The molecule has 7 aromatic rings. The summed E-state index contributed by atoms with van der Waals surface area (Å²) in [6, 6.07) is 45.7. The van der Waals surface area contributed by atoms with Crippen LogP contribution in [0.5, 0.6) is 0 Å². The normalized spacial score (nSPS) is 10.2. The molecule has 0 saturated carbocycles. The molecular weight excluding hydrogens is 623 g/mol. The van der Waals surface area contributed by atoms with Crippen LogP contribution in [0.25, 0.3) is 54.2 Å². The van der Waals surface area contributed by atoms with Crippen LogP contribution in [-0.2, 0) is 29.8 Å². The minimum absolute atomic E-state index is 0. The van der Waals surface area contributed by atoms with Gasteiger partial charge < -0.3 is 24.8 Å². The molecule has 0 amide bonds. The second kappa shape index (κ2) is 14.9. The van der Waals surface area contributed by atoms with Gasteiger partial charge in [0.2, 0.25) is 0 Å². The Bertz CT molecular complexity index is 1840. The van der Waals surface area contributed by atoms with Gasteiger partial charge in [0.25, 0.3) is 0 Å². The quantitative estimate of drug-likeness (QED) is 0.191. The number of rotatable bonds is 2. The first-order valence-electron chi connectivity index (χ1n) is 13.3. The van der Waals surface area contributed by atoms with Crippen molar-refractivity contribution >= 4 is 48.5 Å². The number of benzene rings is 5. The van der Waals surface area contributed by atoms with E-state index < -0.39 is 0 Å². The van der Waals surface area contributed by atoms with Crippen LogP contribution >= 0.6 is 0 Å². The van der Waals surface area contributed by atoms with E-state index in [2.05, 4.69) is 147 Å². The molecule has 0 nitrogen and oxygen atoms in total. The van der Waals surface area contributed by atoms with Gasteiger partial charge in [-0.1, -0.05) is 131 Å². The summed E-state index contributed by atoms with van der Waals surface area (Å²) in [5.41, 5.74) is 4.22. The number of fused-ring (bicyclic) bond motifs is 6. The molecule has 0 bridgehead atoms. The van der Waals surface area contributed by atoms with Crippen molar-refractivity contribution in [3.05, 3.63) is 133 Å². The number of hydrogen-bond acceptors (Lipinski definition) is 0. The second-order valence-corrected chi connectivity index (χ2v) is 19.3. The summed E-state index contributed by atoms with van der Waals surface area (Å²) in [7, 11) is 0. The summed E-state index contributed by atoms with van der Waals surface area (Å²) < 4.78 is 0. The van der Waals surface area contributed by atoms with Crippen LogP contribution in [0.4, 0.5) is 0 Å². The van der Waals surface area contributed by atoms with Gasteiger partial charge in [0, 0.05) is 0 Å². The summed E-state index contributed by atoms with van der Waals surface area (Å²) in [4.78, 5) is 0. The van der Waals surface area contributed by atoms with E-state index in [4.69, 9.17) is 0 Å². The van der Waals surface area contributed by atoms with Crippen LogP contribution in [-0.4, -0.2) is 5.43 Å². The van der Waals surface area contributed by atoms with E-state index in [1.807, 2.05) is 0 Å². The Kier molecular flexibility index (Phi) is 12.0. The zero-order valence-electron chi connectivity index (χ0n) is 23.1. The van der Waals surface area contributed by atoms with Gasteiger partial charge in [-0.15, -0.1) is 56.9 Å². The Balaban J connectivity index is 0.000000190. The molecule has 0 N–H and O–H groups in total. The third kappa shape index (κ3) is 7.42. The molecular formula is C36H32Cl2SiZr-2. The summed E-state index contributed by atoms with van der Waals surface area (Å²) >= 11 is 1.74. The predicted molar refractivity (Wildman–Crippen MR) is 166 cm³/mol. The number of hydrogen-bond donors (Lipinski definition) is 0. The average Bonchev–Trinajstić information content (AvgIpc) is 3.58. The van der Waals surface area contributed by atoms with Crippen molar-refractivity contribution in [2.45, 2.75) is 26.4 Å². The third-order valence-corrected chi connectivity index (χ3v) is 6.81. The Hall–Kier alpha value is -2.48. The summed E-state index contributed by atoms with van der Waals surface area (Å²) in [5.74, 6) is 0. The fraction of sp³-hybridized carbons (Fsp3) is 0.111. The molecule has 0 unspecified atom stereocenters. The van der Waals surface area contributed by atoms with Crippen molar-refractivity contribution in [1.82, 2.24) is 0 Å². The fourth-order valence-electron chi connectivity index (χ4n) is 4.99. The van der Waals surface area contributed by atoms with Crippen molar-refractivity contribution in [2.75, 3.05) is 0 Å². The van der Waals surface area contributed by atoms with Crippen LogP contribution in [0, 0.1) is 0 Å². The van der Waals surface area contributed by atoms with E-state index in [1.54, 1.807) is 23.3 Å². The molecule has 0 radical (unpaired) electrons. The van der Waals surface area contributed by atoms with E-state index in [1.165, 1.54) is 59.8 Å². The average molecular weight is 655 g/mol. The SMILES string of the molecule is CCc1cc2ccc3ccccc3c2[cH-]1.C[Si](C)=[Zr+2].[Cl-].[Cl-].c1ccc(-c2cc3ccc4ccccc4c3[cH-]2)cc1. The van der Waals surface area contributed by atoms with Gasteiger partial charge in [-0.2, -0.15) is 6.07 Å². The molecule has 7 aromatic carbocycles. The molecule has 0 aliphatic rings. The predicted octanol–water partition coefficient (Wildman–Crippen LogP) is 4.45. The Morgan fingerprint density at radius 2 is 1.02 bits per heavy atom. The zero-order chi connectivity index (χ0) is 26.5. The van der Waals surface area contributed by atoms with E-state index in [9.17, 15) is 0 Å². The van der Waals surface area contributed by atoms with Crippen molar-refractivity contribution in [1.29, 1.82) is 0 Å². The maximum Gasteiger partial charge on any atom is -0.0520 e. The first-order valence-corrected chi connectivity index (χ1v) is 19.4. The van der Waals surface area contributed by atoms with Crippen LogP contribution in [0.3, 0.4) is 0 Å². The molecule has 0 spiro atoms. The molecule has 40 heavy (non-hydrogen) atoms. The molecule has 200 valence electrons. The zero-order valence-corrected chi connectivity index (χ0v) is 28.1. The van der Waals surface area contributed by atoms with Crippen molar-refractivity contribution < 1.29 is 48.1 Å². The molecule has 0 fully saturated rings. The number of aryl methyl sites for hydroxylation is 1. The first kappa shape index (κ1) is 32.0. The standard InChI is InChI=1S/C19H13.C15H13.C2H6Si.2ClH.Zr/c1-2-6-14(7-3-1)17-12-16-11-10-15-8-4-5-9-18(15)19(16)13-17;1-2-11-9-13-8-7-12-5-3-4-6-14(12)15(13)10-11;1-3-2;;;/h1-13H;3-10H,2H2,1H3;1-2H3;2*1H;/q2*-1;;;;+2/p-2. The molecule has 0 heterocycles. The monoisotopic (exact) mass is 652 g/mol. The topological polar surface area (TPSA) is 0 Å². The summed E-state index contributed by atoms with van der Waals surface area (Å²) in [5, 5.41) is 10.8. The third-order valence-electron chi connectivity index (χ3n) is 6.81. The minimum atomic E-state index is 0. The molecule has 7 rings (SSSR count). The smallest absolute Gasteiger partial charge is 0.0520 e. The van der Waals surface area contributed by atoms with E-state index in [0.29, 0.717) is 0 Å². The Labute approximate surface area is 265 Å². The van der Waals surface area contributed by atoms with Gasteiger partial charge in [-0.25, -0.2) is 0 Å². The largest absolute Gasteiger partial charge is 1.00 e. The van der Waals surface area contributed by atoms with Crippen LogP contribution in [0.2, 0.25) is 13.1 Å². The van der Waals surface area contributed by atoms with E-state index in [0.717, 1.165) is 6.42 Å². The van der Waals surface area contributed by atoms with Gasteiger partial charge in [-0.3, -0.25) is 0 Å². The minimum Gasteiger partial charge on any atom is -1.00 e. The van der Waals surface area contributed by atoms with Gasteiger partial charge in [0.15, 0.2) is 0 Å². The van der Waals surface area contributed by atoms with Crippen LogP contribution in [0.15, 0.2) is 127 Å². The fourth-order valence-corrected chi connectivity index (χ4v) is 4.99. The van der Waals surface area contributed by atoms with Crippen molar-refractivity contribution in [2.24, 2.45) is 0 Å². The Morgan fingerprint density at radius 3 is 1.57 bits per heavy atom. The molecule has 0 aliphatic carbocycles. The number of halogens is 2. The van der Waals surface area contributed by atoms with Crippen LogP contribution < -0.4 is 24.8 Å². The first-order chi connectivity index (χ1) is 18.5. The van der Waals surface area contributed by atoms with Crippen molar-refractivity contribution in [3.8, 4) is 11.1 Å². The van der Waals surface area contributed by atoms with Gasteiger partial charge >= 0.3 is 41.9 Å². The maximum atomic E-state index is 2.32. The molecule has 0 saturated heterocycles. The summed E-state index contributed by atoms with van der Waals surface area (Å²) in [6.45, 7) is 6.82. The maximum absolute atomic E-state index is 2.32.